The van der Waals surface area contributed by atoms with Crippen molar-refractivity contribution >= 4 is 11.9 Å². The minimum absolute atomic E-state index is 0.102. The molecule has 0 aliphatic heterocycles. The summed E-state index contributed by atoms with van der Waals surface area (Å²) in [7, 11) is 1.40. The summed E-state index contributed by atoms with van der Waals surface area (Å²) in [5.74, 6) is 2.10. The van der Waals surface area contributed by atoms with Crippen molar-refractivity contribution in [3.05, 3.63) is 0 Å². The summed E-state index contributed by atoms with van der Waals surface area (Å²) in [6, 6.07) is -0.504. The van der Waals surface area contributed by atoms with Crippen LogP contribution < -0.4 is 5.32 Å². The van der Waals surface area contributed by atoms with Crippen molar-refractivity contribution in [1.29, 1.82) is 0 Å². The lowest BCUT2D eigenvalue weighted by Gasteiger charge is -2.55. The third-order valence-corrected chi connectivity index (χ3v) is 6.47. The van der Waals surface area contributed by atoms with Crippen molar-refractivity contribution in [1.82, 2.24) is 5.32 Å². The predicted octanol–water partition coefficient (Wildman–Crippen LogP) is 2.91. The van der Waals surface area contributed by atoms with Gasteiger partial charge in [-0.1, -0.05) is 20.3 Å². The Hall–Kier alpha value is -1.06. The molecule has 4 aliphatic rings. The fourth-order valence-corrected chi connectivity index (χ4v) is 5.48. The van der Waals surface area contributed by atoms with Gasteiger partial charge in [0.1, 0.15) is 6.04 Å². The first-order valence-electron chi connectivity index (χ1n) is 8.86. The number of hydrogen-bond acceptors (Lipinski definition) is 3. The van der Waals surface area contributed by atoms with E-state index in [0.717, 1.165) is 43.4 Å². The van der Waals surface area contributed by atoms with Crippen LogP contribution in [0.1, 0.15) is 58.8 Å². The quantitative estimate of drug-likeness (QED) is 0.795. The van der Waals surface area contributed by atoms with E-state index in [1.807, 2.05) is 13.8 Å². The van der Waals surface area contributed by atoms with E-state index >= 15 is 0 Å². The van der Waals surface area contributed by atoms with E-state index in [-0.39, 0.29) is 23.2 Å². The lowest BCUT2D eigenvalue weighted by molar-refractivity contribution is -0.154. The molecule has 4 rings (SSSR count). The molecule has 4 aliphatic carbocycles. The van der Waals surface area contributed by atoms with E-state index in [0.29, 0.717) is 0 Å². The molecule has 4 heteroatoms. The maximum Gasteiger partial charge on any atom is 0.328 e. The highest BCUT2D eigenvalue weighted by atomic mass is 16.5. The van der Waals surface area contributed by atoms with Gasteiger partial charge in [0.25, 0.3) is 0 Å². The molecule has 4 saturated carbocycles. The fraction of sp³-hybridized carbons (Fsp3) is 0.889. The van der Waals surface area contributed by atoms with E-state index < -0.39 is 6.04 Å². The zero-order chi connectivity index (χ0) is 15.9. The molecule has 1 N–H and O–H groups in total. The number of nitrogens with one attached hydrogen (secondary N) is 1. The number of esters is 1. The van der Waals surface area contributed by atoms with Crippen LogP contribution in [-0.2, 0) is 14.3 Å². The molecular weight excluding hydrogens is 278 g/mol. The monoisotopic (exact) mass is 307 g/mol. The highest BCUT2D eigenvalue weighted by molar-refractivity contribution is 5.88. The molecule has 0 heterocycles. The lowest BCUT2D eigenvalue weighted by Crippen LogP contribution is -2.57. The van der Waals surface area contributed by atoms with Gasteiger partial charge in [0.15, 0.2) is 0 Å². The minimum Gasteiger partial charge on any atom is -0.467 e. The second-order valence-corrected chi connectivity index (χ2v) is 8.06. The minimum atomic E-state index is -0.504. The Bertz CT molecular complexity index is 424. The normalized spacial score (nSPS) is 38.4. The van der Waals surface area contributed by atoms with Gasteiger partial charge in [0, 0.05) is 5.41 Å². The average molecular weight is 307 g/mol. The zero-order valence-corrected chi connectivity index (χ0v) is 14.1. The number of ether oxygens (including phenoxy) is 1. The third-order valence-electron chi connectivity index (χ3n) is 6.47. The van der Waals surface area contributed by atoms with E-state index in [1.54, 1.807) is 0 Å². The lowest BCUT2D eigenvalue weighted by atomic mass is 9.49. The van der Waals surface area contributed by atoms with Crippen LogP contribution in [0.15, 0.2) is 0 Å². The van der Waals surface area contributed by atoms with Crippen molar-refractivity contribution < 1.29 is 14.3 Å². The van der Waals surface area contributed by atoms with Crippen LogP contribution >= 0.6 is 0 Å². The number of methoxy groups -OCH3 is 1. The number of hydrogen-bond donors (Lipinski definition) is 1. The maximum atomic E-state index is 13.0. The molecular formula is C18H29NO3. The van der Waals surface area contributed by atoms with Crippen molar-refractivity contribution in [2.45, 2.75) is 64.8 Å². The average Bonchev–Trinajstić information content (AvgIpc) is 2.49. The number of rotatable bonds is 5. The Morgan fingerprint density at radius 1 is 1.14 bits per heavy atom. The summed E-state index contributed by atoms with van der Waals surface area (Å²) in [5, 5.41) is 3.06. The smallest absolute Gasteiger partial charge is 0.328 e. The molecule has 4 nitrogen and oxygen atoms in total. The van der Waals surface area contributed by atoms with Gasteiger partial charge in [-0.2, -0.15) is 0 Å². The highest BCUT2D eigenvalue weighted by Gasteiger charge is 2.55. The van der Waals surface area contributed by atoms with Crippen molar-refractivity contribution in [3.8, 4) is 0 Å². The Balaban J connectivity index is 1.74. The Kier molecular flexibility index (Phi) is 4.21. The Labute approximate surface area is 133 Å². The summed E-state index contributed by atoms with van der Waals surface area (Å²) in [6.07, 6.45) is 7.88. The number of carbonyl (C=O) groups excluding carboxylic acids is 2. The van der Waals surface area contributed by atoms with Crippen molar-refractivity contribution in [3.63, 3.8) is 0 Å². The standard InChI is InChI=1S/C18H29NO3/c1-4-11(2)15(16(20)22-3)19-17(21)18-8-12-5-13(9-18)7-14(6-12)10-18/h11-15H,4-10H2,1-3H3,(H,19,21)/t11-,12?,13?,14?,15+,18?/m0/s1. The summed E-state index contributed by atoms with van der Waals surface area (Å²) in [4.78, 5) is 25.1. The van der Waals surface area contributed by atoms with Gasteiger partial charge in [-0.05, 0) is 62.2 Å². The molecule has 0 unspecified atom stereocenters. The topological polar surface area (TPSA) is 55.4 Å². The van der Waals surface area contributed by atoms with E-state index in [9.17, 15) is 9.59 Å². The molecule has 0 saturated heterocycles. The molecule has 1 amide bonds. The molecule has 0 spiro atoms. The van der Waals surface area contributed by atoms with Crippen molar-refractivity contribution in [2.24, 2.45) is 29.1 Å². The van der Waals surface area contributed by atoms with Crippen LogP contribution in [0.2, 0.25) is 0 Å². The molecule has 4 bridgehead atoms. The molecule has 0 aromatic rings. The van der Waals surface area contributed by atoms with E-state index in [4.69, 9.17) is 4.74 Å². The first-order valence-corrected chi connectivity index (χ1v) is 8.86. The van der Waals surface area contributed by atoms with E-state index in [2.05, 4.69) is 5.32 Å². The van der Waals surface area contributed by atoms with Gasteiger partial charge in [-0.25, -0.2) is 4.79 Å². The summed E-state index contributed by atoms with van der Waals surface area (Å²) >= 11 is 0. The summed E-state index contributed by atoms with van der Waals surface area (Å²) < 4.78 is 4.90. The maximum absolute atomic E-state index is 13.0. The first-order chi connectivity index (χ1) is 10.5. The Morgan fingerprint density at radius 3 is 2.05 bits per heavy atom. The fourth-order valence-electron chi connectivity index (χ4n) is 5.48. The largest absolute Gasteiger partial charge is 0.467 e. The number of carbonyl (C=O) groups is 2. The highest BCUT2D eigenvalue weighted by Crippen LogP contribution is 2.60. The van der Waals surface area contributed by atoms with Crippen LogP contribution in [0.5, 0.6) is 0 Å². The predicted molar refractivity (Wildman–Crippen MR) is 84.0 cm³/mol. The van der Waals surface area contributed by atoms with Crippen LogP contribution in [0.3, 0.4) is 0 Å². The van der Waals surface area contributed by atoms with Crippen LogP contribution in [0.4, 0.5) is 0 Å². The molecule has 22 heavy (non-hydrogen) atoms. The Morgan fingerprint density at radius 2 is 1.64 bits per heavy atom. The van der Waals surface area contributed by atoms with E-state index in [1.165, 1.54) is 26.4 Å². The van der Waals surface area contributed by atoms with Gasteiger partial charge in [0.05, 0.1) is 7.11 Å². The second kappa shape index (κ2) is 5.86. The molecule has 0 aromatic carbocycles. The van der Waals surface area contributed by atoms with Gasteiger partial charge < -0.3 is 10.1 Å². The molecule has 2 atom stereocenters. The van der Waals surface area contributed by atoms with Gasteiger partial charge in [-0.3, -0.25) is 4.79 Å². The van der Waals surface area contributed by atoms with Gasteiger partial charge in [0.2, 0.25) is 5.91 Å². The van der Waals surface area contributed by atoms with Crippen molar-refractivity contribution in [2.75, 3.05) is 7.11 Å². The van der Waals surface area contributed by atoms with Crippen LogP contribution in [-0.4, -0.2) is 25.0 Å². The SMILES string of the molecule is CC[C@H](C)[C@@H](NC(=O)C12CC3CC(CC(C3)C1)C2)C(=O)OC. The summed E-state index contributed by atoms with van der Waals surface area (Å²) in [5.41, 5.74) is -0.200. The molecule has 0 radical (unpaired) electrons. The molecule has 4 fully saturated rings. The van der Waals surface area contributed by atoms with Crippen LogP contribution in [0.25, 0.3) is 0 Å². The number of amides is 1. The van der Waals surface area contributed by atoms with Crippen LogP contribution in [0, 0.1) is 29.1 Å². The first kappa shape index (κ1) is 15.8. The summed E-state index contributed by atoms with van der Waals surface area (Å²) in [6.45, 7) is 4.04. The van der Waals surface area contributed by atoms with Gasteiger partial charge >= 0.3 is 5.97 Å². The molecule has 124 valence electrons. The third kappa shape index (κ3) is 2.65. The zero-order valence-electron chi connectivity index (χ0n) is 14.1. The second-order valence-electron chi connectivity index (χ2n) is 8.06. The molecule has 0 aromatic heterocycles. The van der Waals surface area contributed by atoms with Gasteiger partial charge in [-0.15, -0.1) is 0 Å².